The molecule has 1 N–H and O–H groups in total. The molecule has 1 aromatic heterocycles. The number of anilines is 1. The fourth-order valence-electron chi connectivity index (χ4n) is 3.71. The van der Waals surface area contributed by atoms with Crippen molar-refractivity contribution in [3.05, 3.63) is 64.7 Å². The van der Waals surface area contributed by atoms with Crippen LogP contribution in [-0.4, -0.2) is 16.3 Å². The lowest BCUT2D eigenvalue weighted by Crippen LogP contribution is -2.06. The number of rotatable bonds is 3. The number of hydrogen-bond acceptors (Lipinski definition) is 2. The molecule has 0 unspecified atom stereocenters. The Kier molecular flexibility index (Phi) is 3.64. The highest BCUT2D eigenvalue weighted by Crippen LogP contribution is 2.35. The molecule has 0 radical (unpaired) electrons. The largest absolute Gasteiger partial charge is 0.369 e. The second kappa shape index (κ2) is 5.82. The number of benzene rings is 2. The smallest absolute Gasteiger partial charge is 0.133 e. The first kappa shape index (κ1) is 15.0. The summed E-state index contributed by atoms with van der Waals surface area (Å²) in [5, 5.41) is 8.56. The van der Waals surface area contributed by atoms with Crippen LogP contribution in [0.2, 0.25) is 0 Å². The van der Waals surface area contributed by atoms with Gasteiger partial charge in [-0.3, -0.25) is 0 Å². The molecule has 122 valence electrons. The average Bonchev–Trinajstić information content (AvgIpc) is 3.16. The van der Waals surface area contributed by atoms with Gasteiger partial charge in [-0.15, -0.1) is 0 Å². The Morgan fingerprint density at radius 1 is 1.08 bits per heavy atom. The third kappa shape index (κ3) is 2.41. The lowest BCUT2D eigenvalue weighted by molar-refractivity contribution is 0.866. The molecule has 3 heteroatoms. The van der Waals surface area contributed by atoms with Gasteiger partial charge in [-0.1, -0.05) is 42.3 Å². The van der Waals surface area contributed by atoms with Crippen LogP contribution in [0.4, 0.5) is 5.82 Å². The van der Waals surface area contributed by atoms with Crippen molar-refractivity contribution < 1.29 is 0 Å². The number of aromatic nitrogens is 2. The van der Waals surface area contributed by atoms with Crippen LogP contribution < -0.4 is 5.32 Å². The highest BCUT2D eigenvalue weighted by atomic mass is 15.3. The van der Waals surface area contributed by atoms with E-state index in [2.05, 4.69) is 73.2 Å². The Morgan fingerprint density at radius 2 is 1.83 bits per heavy atom. The molecule has 2 aromatic carbocycles. The van der Waals surface area contributed by atoms with E-state index in [9.17, 15) is 0 Å². The molecule has 1 aliphatic heterocycles. The van der Waals surface area contributed by atoms with Crippen molar-refractivity contribution in [1.82, 2.24) is 9.78 Å². The SMILES string of the molecule is CCc1ccccc1-n1nc(-c2cc(C)cc(C)c2)c2c1NCC2. The molecule has 0 amide bonds. The van der Waals surface area contributed by atoms with Gasteiger partial charge < -0.3 is 5.32 Å². The van der Waals surface area contributed by atoms with E-state index < -0.39 is 0 Å². The minimum atomic E-state index is 0.985. The summed E-state index contributed by atoms with van der Waals surface area (Å²) in [7, 11) is 0. The van der Waals surface area contributed by atoms with Crippen LogP contribution in [0.5, 0.6) is 0 Å². The Morgan fingerprint density at radius 3 is 2.58 bits per heavy atom. The molecule has 0 atom stereocenters. The van der Waals surface area contributed by atoms with Crippen molar-refractivity contribution in [2.45, 2.75) is 33.6 Å². The fourth-order valence-corrected chi connectivity index (χ4v) is 3.71. The van der Waals surface area contributed by atoms with Crippen molar-refractivity contribution in [2.75, 3.05) is 11.9 Å². The quantitative estimate of drug-likeness (QED) is 0.759. The molecule has 3 aromatic rings. The van der Waals surface area contributed by atoms with Crippen molar-refractivity contribution in [3.63, 3.8) is 0 Å². The first-order valence-corrected chi connectivity index (χ1v) is 8.70. The Bertz CT molecular complexity index is 885. The number of nitrogens with one attached hydrogen (secondary N) is 1. The van der Waals surface area contributed by atoms with E-state index in [0.29, 0.717) is 0 Å². The Balaban J connectivity index is 1.92. The second-order valence-corrected chi connectivity index (χ2v) is 6.62. The van der Waals surface area contributed by atoms with Crippen molar-refractivity contribution >= 4 is 5.82 Å². The second-order valence-electron chi connectivity index (χ2n) is 6.62. The van der Waals surface area contributed by atoms with E-state index in [1.807, 2.05) is 0 Å². The molecule has 2 heterocycles. The van der Waals surface area contributed by atoms with Gasteiger partial charge >= 0.3 is 0 Å². The maximum Gasteiger partial charge on any atom is 0.133 e. The van der Waals surface area contributed by atoms with Crippen LogP contribution in [0, 0.1) is 13.8 Å². The Hall–Kier alpha value is -2.55. The van der Waals surface area contributed by atoms with Gasteiger partial charge in [0.1, 0.15) is 5.82 Å². The third-order valence-corrected chi connectivity index (χ3v) is 4.75. The third-order valence-electron chi connectivity index (χ3n) is 4.75. The predicted octanol–water partition coefficient (Wildman–Crippen LogP) is 4.69. The van der Waals surface area contributed by atoms with Crippen LogP contribution in [0.15, 0.2) is 42.5 Å². The van der Waals surface area contributed by atoms with E-state index in [1.165, 1.54) is 33.5 Å². The van der Waals surface area contributed by atoms with Gasteiger partial charge in [0.15, 0.2) is 0 Å². The maximum absolute atomic E-state index is 5.02. The zero-order valence-electron chi connectivity index (χ0n) is 14.6. The van der Waals surface area contributed by atoms with E-state index in [0.717, 1.165) is 30.9 Å². The average molecular weight is 317 g/mol. The molecule has 0 spiro atoms. The number of para-hydroxylation sites is 1. The molecule has 4 rings (SSSR count). The summed E-state index contributed by atoms with van der Waals surface area (Å²) >= 11 is 0. The van der Waals surface area contributed by atoms with Crippen LogP contribution in [-0.2, 0) is 12.8 Å². The van der Waals surface area contributed by atoms with Gasteiger partial charge in [-0.2, -0.15) is 5.10 Å². The van der Waals surface area contributed by atoms with Gasteiger partial charge in [-0.05, 0) is 50.5 Å². The predicted molar refractivity (Wildman–Crippen MR) is 100 cm³/mol. The standard InChI is InChI=1S/C21H23N3/c1-4-16-7-5-6-8-19(16)24-21-18(9-10-22-21)20(23-24)17-12-14(2)11-15(3)13-17/h5-8,11-13,22H,4,9-10H2,1-3H3. The van der Waals surface area contributed by atoms with Crippen LogP contribution >= 0.6 is 0 Å². The monoisotopic (exact) mass is 317 g/mol. The summed E-state index contributed by atoms with van der Waals surface area (Å²) in [5.41, 5.74) is 8.75. The molecule has 0 bridgehead atoms. The molecular weight excluding hydrogens is 294 g/mol. The summed E-state index contributed by atoms with van der Waals surface area (Å²) in [4.78, 5) is 0. The van der Waals surface area contributed by atoms with Crippen LogP contribution in [0.3, 0.4) is 0 Å². The van der Waals surface area contributed by atoms with Crippen LogP contribution in [0.1, 0.15) is 29.2 Å². The van der Waals surface area contributed by atoms with Crippen molar-refractivity contribution in [2.24, 2.45) is 0 Å². The minimum Gasteiger partial charge on any atom is -0.369 e. The highest BCUT2D eigenvalue weighted by molar-refractivity contribution is 5.73. The lowest BCUT2D eigenvalue weighted by Gasteiger charge is -2.10. The summed E-state index contributed by atoms with van der Waals surface area (Å²) in [6.07, 6.45) is 2.04. The first-order valence-electron chi connectivity index (χ1n) is 8.70. The zero-order chi connectivity index (χ0) is 16.7. The molecule has 24 heavy (non-hydrogen) atoms. The first-order chi connectivity index (χ1) is 11.7. The molecule has 1 aliphatic rings. The number of nitrogens with zero attached hydrogens (tertiary/aromatic N) is 2. The number of aryl methyl sites for hydroxylation is 3. The van der Waals surface area contributed by atoms with Gasteiger partial charge in [-0.25, -0.2) is 4.68 Å². The van der Waals surface area contributed by atoms with Crippen molar-refractivity contribution in [1.29, 1.82) is 0 Å². The van der Waals surface area contributed by atoms with E-state index in [-0.39, 0.29) is 0 Å². The van der Waals surface area contributed by atoms with Gasteiger partial charge in [0.25, 0.3) is 0 Å². The van der Waals surface area contributed by atoms with E-state index in [4.69, 9.17) is 5.10 Å². The van der Waals surface area contributed by atoms with E-state index in [1.54, 1.807) is 0 Å². The topological polar surface area (TPSA) is 29.9 Å². The normalized spacial score (nSPS) is 13.0. The molecular formula is C21H23N3. The van der Waals surface area contributed by atoms with Gasteiger partial charge in [0.2, 0.25) is 0 Å². The van der Waals surface area contributed by atoms with E-state index >= 15 is 0 Å². The number of hydrogen-bond donors (Lipinski definition) is 1. The summed E-state index contributed by atoms with van der Waals surface area (Å²) in [5.74, 6) is 1.16. The maximum atomic E-state index is 5.02. The zero-order valence-corrected chi connectivity index (χ0v) is 14.6. The summed E-state index contributed by atoms with van der Waals surface area (Å²) in [6, 6.07) is 15.2. The molecule has 0 aliphatic carbocycles. The van der Waals surface area contributed by atoms with Gasteiger partial charge in [0, 0.05) is 17.7 Å². The van der Waals surface area contributed by atoms with Crippen LogP contribution in [0.25, 0.3) is 16.9 Å². The molecule has 0 fully saturated rings. The van der Waals surface area contributed by atoms with Crippen molar-refractivity contribution in [3.8, 4) is 16.9 Å². The summed E-state index contributed by atoms with van der Waals surface area (Å²) < 4.78 is 2.11. The van der Waals surface area contributed by atoms with Gasteiger partial charge in [0.05, 0.1) is 11.4 Å². The molecule has 3 nitrogen and oxygen atoms in total. The summed E-state index contributed by atoms with van der Waals surface area (Å²) in [6.45, 7) is 7.48. The highest BCUT2D eigenvalue weighted by Gasteiger charge is 2.24. The Labute approximate surface area is 143 Å². The fraction of sp³-hybridized carbons (Fsp3) is 0.286. The number of fused-ring (bicyclic) bond motifs is 1. The lowest BCUT2D eigenvalue weighted by atomic mass is 10.0. The molecule has 0 saturated heterocycles. The molecule has 0 saturated carbocycles. The minimum absolute atomic E-state index is 0.985.